The number of likely N-dealkylation sites (N-methyl/N-ethyl adjacent to an activating group) is 1. The van der Waals surface area contributed by atoms with Gasteiger partial charge >= 0.3 is 0 Å². The van der Waals surface area contributed by atoms with Crippen LogP contribution in [-0.4, -0.2) is 23.0 Å². The Bertz CT molecular complexity index is 245. The minimum absolute atomic E-state index is 0.0887. The number of allylic oxidation sites excluding steroid dienone is 1. The summed E-state index contributed by atoms with van der Waals surface area (Å²) in [6.07, 6.45) is 3.54. The molecule has 0 saturated heterocycles. The Morgan fingerprint density at radius 1 is 1.73 bits per heavy atom. The summed E-state index contributed by atoms with van der Waals surface area (Å²) in [5.74, 6) is 0.0887. The third-order valence-corrected chi connectivity index (χ3v) is 3.09. The standard InChI is InChI=1S/C7H12N2OS/c1-4-9-7(10)5-6(2)8-11(9)3/h5H,4H2,1-3H3. The van der Waals surface area contributed by atoms with E-state index in [1.807, 2.05) is 20.1 Å². The summed E-state index contributed by atoms with van der Waals surface area (Å²) < 4.78 is 6.04. The van der Waals surface area contributed by atoms with Crippen LogP contribution >= 0.6 is 0 Å². The van der Waals surface area contributed by atoms with E-state index in [0.29, 0.717) is 0 Å². The zero-order valence-corrected chi connectivity index (χ0v) is 7.81. The Morgan fingerprint density at radius 2 is 2.36 bits per heavy atom. The second-order valence-electron chi connectivity index (χ2n) is 2.36. The lowest BCUT2D eigenvalue weighted by Gasteiger charge is -2.22. The van der Waals surface area contributed by atoms with Crippen LogP contribution in [0.4, 0.5) is 0 Å². The lowest BCUT2D eigenvalue weighted by Crippen LogP contribution is -2.32. The van der Waals surface area contributed by atoms with Crippen molar-refractivity contribution >= 4 is 16.8 Å². The van der Waals surface area contributed by atoms with Crippen molar-refractivity contribution in [3.63, 3.8) is 0 Å². The average molecular weight is 172 g/mol. The topological polar surface area (TPSA) is 32.7 Å². The summed E-state index contributed by atoms with van der Waals surface area (Å²) in [4.78, 5) is 11.2. The van der Waals surface area contributed by atoms with Crippen LogP contribution in [0.25, 0.3) is 0 Å². The highest BCUT2D eigenvalue weighted by molar-refractivity contribution is 7.84. The van der Waals surface area contributed by atoms with Crippen LogP contribution in [0.5, 0.6) is 0 Å². The van der Waals surface area contributed by atoms with Crippen molar-refractivity contribution in [1.82, 2.24) is 4.31 Å². The highest BCUT2D eigenvalue weighted by atomic mass is 32.2. The number of carbonyl (C=O) groups excluding carboxylic acids is 1. The maximum absolute atomic E-state index is 11.2. The van der Waals surface area contributed by atoms with Gasteiger partial charge in [-0.3, -0.25) is 9.10 Å². The van der Waals surface area contributed by atoms with E-state index in [9.17, 15) is 4.79 Å². The minimum Gasteiger partial charge on any atom is -0.275 e. The fourth-order valence-corrected chi connectivity index (χ4v) is 2.26. The molecular formula is C7H12N2OS. The van der Waals surface area contributed by atoms with E-state index in [4.69, 9.17) is 0 Å². The summed E-state index contributed by atoms with van der Waals surface area (Å²) in [7, 11) is -0.248. The molecule has 1 rings (SSSR count). The first kappa shape index (κ1) is 8.46. The van der Waals surface area contributed by atoms with Crippen molar-refractivity contribution in [3.8, 4) is 0 Å². The fourth-order valence-electron chi connectivity index (χ4n) is 1.01. The number of hydrogen-bond acceptors (Lipinski definition) is 2. The number of carbonyl (C=O) groups is 1. The van der Waals surface area contributed by atoms with Crippen molar-refractivity contribution < 1.29 is 4.79 Å². The zero-order valence-electron chi connectivity index (χ0n) is 7.00. The molecule has 1 atom stereocenters. The number of rotatable bonds is 1. The maximum Gasteiger partial charge on any atom is 0.258 e. The van der Waals surface area contributed by atoms with Crippen LogP contribution < -0.4 is 0 Å². The summed E-state index contributed by atoms with van der Waals surface area (Å²) >= 11 is 0. The molecule has 1 amide bonds. The smallest absolute Gasteiger partial charge is 0.258 e. The zero-order chi connectivity index (χ0) is 8.43. The predicted octanol–water partition coefficient (Wildman–Crippen LogP) is 1.10. The fraction of sp³-hybridized carbons (Fsp3) is 0.571. The Balaban J connectivity index is 2.91. The molecule has 0 saturated carbocycles. The van der Waals surface area contributed by atoms with Gasteiger partial charge in [-0.25, -0.2) is 4.36 Å². The average Bonchev–Trinajstić information content (AvgIpc) is 1.85. The Kier molecular flexibility index (Phi) is 2.44. The molecule has 1 aliphatic heterocycles. The van der Waals surface area contributed by atoms with Gasteiger partial charge < -0.3 is 0 Å². The highest BCUT2D eigenvalue weighted by Crippen LogP contribution is 2.10. The first-order valence-corrected chi connectivity index (χ1v) is 5.07. The third kappa shape index (κ3) is 1.68. The SMILES string of the molecule is CCN1C(=O)C=C(C)N=S1C. The number of amides is 1. The van der Waals surface area contributed by atoms with Gasteiger partial charge in [0.25, 0.3) is 5.91 Å². The minimum atomic E-state index is -0.248. The Morgan fingerprint density at radius 3 is 2.82 bits per heavy atom. The van der Waals surface area contributed by atoms with Crippen LogP contribution in [0, 0.1) is 0 Å². The van der Waals surface area contributed by atoms with Gasteiger partial charge in [-0.1, -0.05) is 0 Å². The van der Waals surface area contributed by atoms with E-state index in [-0.39, 0.29) is 16.8 Å². The van der Waals surface area contributed by atoms with Crippen LogP contribution in [0.1, 0.15) is 13.8 Å². The van der Waals surface area contributed by atoms with E-state index >= 15 is 0 Å². The summed E-state index contributed by atoms with van der Waals surface area (Å²) in [5.41, 5.74) is 0.838. The molecule has 0 radical (unpaired) electrons. The van der Waals surface area contributed by atoms with Crippen LogP contribution in [0.15, 0.2) is 16.1 Å². The molecule has 0 aromatic rings. The molecule has 0 aliphatic carbocycles. The largest absolute Gasteiger partial charge is 0.275 e. The van der Waals surface area contributed by atoms with Crippen molar-refractivity contribution in [2.24, 2.45) is 4.36 Å². The lowest BCUT2D eigenvalue weighted by molar-refractivity contribution is -0.121. The third-order valence-electron chi connectivity index (χ3n) is 1.46. The molecule has 1 heterocycles. The van der Waals surface area contributed by atoms with Crippen molar-refractivity contribution in [2.45, 2.75) is 13.8 Å². The molecule has 1 aliphatic rings. The van der Waals surface area contributed by atoms with E-state index in [1.165, 1.54) is 0 Å². The molecule has 11 heavy (non-hydrogen) atoms. The molecule has 0 N–H and O–H groups in total. The Hall–Kier alpha value is -0.640. The van der Waals surface area contributed by atoms with Gasteiger partial charge in [0.2, 0.25) is 0 Å². The van der Waals surface area contributed by atoms with Crippen LogP contribution in [-0.2, 0) is 15.7 Å². The van der Waals surface area contributed by atoms with Crippen LogP contribution in [0.2, 0.25) is 0 Å². The molecule has 0 aromatic heterocycles. The van der Waals surface area contributed by atoms with Crippen molar-refractivity contribution in [3.05, 3.63) is 11.8 Å². The van der Waals surface area contributed by atoms with Gasteiger partial charge in [0.05, 0.1) is 5.70 Å². The van der Waals surface area contributed by atoms with Gasteiger partial charge in [0.15, 0.2) is 0 Å². The predicted molar refractivity (Wildman–Crippen MR) is 46.9 cm³/mol. The second kappa shape index (κ2) is 3.17. The summed E-state index contributed by atoms with van der Waals surface area (Å²) in [6.45, 7) is 4.56. The maximum atomic E-state index is 11.2. The van der Waals surface area contributed by atoms with E-state index in [1.54, 1.807) is 10.4 Å². The quantitative estimate of drug-likeness (QED) is 0.583. The molecule has 0 aromatic carbocycles. The van der Waals surface area contributed by atoms with Gasteiger partial charge in [-0.15, -0.1) is 0 Å². The van der Waals surface area contributed by atoms with E-state index in [0.717, 1.165) is 12.2 Å². The molecule has 1 unspecified atom stereocenters. The second-order valence-corrected chi connectivity index (χ2v) is 3.87. The summed E-state index contributed by atoms with van der Waals surface area (Å²) in [5, 5.41) is 0. The molecular weight excluding hydrogens is 160 g/mol. The first-order valence-electron chi connectivity index (χ1n) is 3.53. The van der Waals surface area contributed by atoms with Crippen molar-refractivity contribution in [2.75, 3.05) is 12.8 Å². The lowest BCUT2D eigenvalue weighted by atomic mass is 10.4. The van der Waals surface area contributed by atoms with Crippen molar-refractivity contribution in [1.29, 1.82) is 0 Å². The highest BCUT2D eigenvalue weighted by Gasteiger charge is 2.15. The van der Waals surface area contributed by atoms with Crippen LogP contribution in [0.3, 0.4) is 0 Å². The molecule has 0 bridgehead atoms. The number of hydrogen-bond donors (Lipinski definition) is 0. The van der Waals surface area contributed by atoms with E-state index in [2.05, 4.69) is 4.36 Å². The van der Waals surface area contributed by atoms with Gasteiger partial charge in [-0.05, 0) is 24.7 Å². The first-order chi connectivity index (χ1) is 5.15. The van der Waals surface area contributed by atoms with Gasteiger partial charge in [-0.2, -0.15) is 0 Å². The molecule has 3 nitrogen and oxygen atoms in total. The number of nitrogens with zero attached hydrogens (tertiary/aromatic N) is 2. The normalized spacial score (nSPS) is 24.6. The molecule has 0 spiro atoms. The monoisotopic (exact) mass is 172 g/mol. The summed E-state index contributed by atoms with van der Waals surface area (Å²) in [6, 6.07) is 0. The van der Waals surface area contributed by atoms with Gasteiger partial charge in [0.1, 0.15) is 0 Å². The molecule has 0 fully saturated rings. The molecule has 62 valence electrons. The van der Waals surface area contributed by atoms with E-state index < -0.39 is 0 Å². The van der Waals surface area contributed by atoms with Gasteiger partial charge in [0, 0.05) is 18.9 Å². The molecule has 4 heteroatoms. The Labute approximate surface area is 69.3 Å².